The molecule has 0 radical (unpaired) electrons. The summed E-state index contributed by atoms with van der Waals surface area (Å²) >= 11 is 0. The van der Waals surface area contributed by atoms with Gasteiger partial charge in [0.2, 0.25) is 0 Å². The first kappa shape index (κ1) is 11.5. The average Bonchev–Trinajstić information content (AvgIpc) is 2.88. The van der Waals surface area contributed by atoms with Crippen molar-refractivity contribution in [2.24, 2.45) is 11.1 Å². The van der Waals surface area contributed by atoms with Crippen LogP contribution in [0.1, 0.15) is 43.3 Å². The van der Waals surface area contributed by atoms with E-state index >= 15 is 0 Å². The number of hydrogen-bond acceptors (Lipinski definition) is 3. The van der Waals surface area contributed by atoms with Gasteiger partial charge in [0.25, 0.3) is 0 Å². The molecule has 0 bridgehead atoms. The van der Waals surface area contributed by atoms with Crippen LogP contribution in [0.4, 0.5) is 0 Å². The van der Waals surface area contributed by atoms with Gasteiger partial charge in [0.05, 0.1) is 6.54 Å². The van der Waals surface area contributed by atoms with Crippen LogP contribution in [0.5, 0.6) is 0 Å². The predicted molar refractivity (Wildman–Crippen MR) is 69.1 cm³/mol. The Labute approximate surface area is 107 Å². The number of nitrogens with zero attached hydrogens (tertiary/aromatic N) is 2. The van der Waals surface area contributed by atoms with Crippen LogP contribution >= 0.6 is 0 Å². The van der Waals surface area contributed by atoms with Crippen molar-refractivity contribution in [3.05, 3.63) is 41.5 Å². The highest BCUT2D eigenvalue weighted by Crippen LogP contribution is 2.40. The molecule has 2 aromatic rings. The zero-order valence-electron chi connectivity index (χ0n) is 10.9. The van der Waals surface area contributed by atoms with Crippen molar-refractivity contribution in [1.82, 2.24) is 9.72 Å². The smallest absolute Gasteiger partial charge is 0.124 e. The predicted octanol–water partition coefficient (Wildman–Crippen LogP) is 2.50. The van der Waals surface area contributed by atoms with Crippen molar-refractivity contribution in [1.29, 1.82) is 0 Å². The molecule has 1 atom stereocenters. The van der Waals surface area contributed by atoms with Crippen molar-refractivity contribution in [2.45, 2.75) is 39.3 Å². The van der Waals surface area contributed by atoms with Gasteiger partial charge in [-0.25, -0.2) is 0 Å². The first-order valence-corrected chi connectivity index (χ1v) is 6.38. The van der Waals surface area contributed by atoms with Crippen LogP contribution in [-0.4, -0.2) is 9.72 Å². The van der Waals surface area contributed by atoms with Crippen molar-refractivity contribution in [2.75, 3.05) is 0 Å². The Hall–Kier alpha value is -1.55. The fourth-order valence-corrected chi connectivity index (χ4v) is 2.94. The van der Waals surface area contributed by atoms with Gasteiger partial charge >= 0.3 is 0 Å². The van der Waals surface area contributed by atoms with E-state index in [-0.39, 0.29) is 11.5 Å². The molecule has 4 heteroatoms. The van der Waals surface area contributed by atoms with Crippen molar-refractivity contribution in [3.8, 4) is 0 Å². The second-order valence-corrected chi connectivity index (χ2v) is 5.99. The SMILES string of the molecule is CC1(C)Cc2c(ccn2Cc2ccon2)C(N)C1. The first-order valence-electron chi connectivity index (χ1n) is 6.38. The summed E-state index contributed by atoms with van der Waals surface area (Å²) in [7, 11) is 0. The van der Waals surface area contributed by atoms with Crippen LogP contribution in [0, 0.1) is 5.41 Å². The standard InChI is InChI=1S/C14H19N3O/c1-14(2)7-12(15)11-3-5-17(13(11)8-14)9-10-4-6-18-16-10/h3-6,12H,7-9,15H2,1-2H3. The van der Waals surface area contributed by atoms with E-state index < -0.39 is 0 Å². The van der Waals surface area contributed by atoms with Crippen LogP contribution in [0.15, 0.2) is 29.1 Å². The van der Waals surface area contributed by atoms with Gasteiger partial charge in [-0.2, -0.15) is 0 Å². The van der Waals surface area contributed by atoms with Crippen LogP contribution < -0.4 is 5.73 Å². The van der Waals surface area contributed by atoms with Crippen molar-refractivity contribution < 1.29 is 4.52 Å². The molecule has 2 heterocycles. The molecule has 0 saturated carbocycles. The maximum absolute atomic E-state index is 6.26. The summed E-state index contributed by atoms with van der Waals surface area (Å²) in [6.45, 7) is 5.32. The Morgan fingerprint density at radius 2 is 2.33 bits per heavy atom. The van der Waals surface area contributed by atoms with E-state index in [1.807, 2.05) is 6.07 Å². The highest BCUT2D eigenvalue weighted by atomic mass is 16.5. The number of rotatable bonds is 2. The number of hydrogen-bond donors (Lipinski definition) is 1. The Morgan fingerprint density at radius 3 is 3.06 bits per heavy atom. The Bertz CT molecular complexity index is 539. The zero-order valence-corrected chi connectivity index (χ0v) is 10.9. The first-order chi connectivity index (χ1) is 8.55. The molecule has 1 aliphatic rings. The quantitative estimate of drug-likeness (QED) is 0.884. The second kappa shape index (κ2) is 3.99. The van der Waals surface area contributed by atoms with Gasteiger partial charge in [-0.1, -0.05) is 19.0 Å². The van der Waals surface area contributed by atoms with Crippen LogP contribution in [0.2, 0.25) is 0 Å². The Morgan fingerprint density at radius 1 is 1.50 bits per heavy atom. The Balaban J connectivity index is 1.94. The van der Waals surface area contributed by atoms with E-state index in [2.05, 4.69) is 35.8 Å². The topological polar surface area (TPSA) is 57.0 Å². The third kappa shape index (κ3) is 1.97. The lowest BCUT2D eigenvalue weighted by Gasteiger charge is -2.34. The minimum absolute atomic E-state index is 0.155. The normalized spacial score (nSPS) is 21.8. The zero-order chi connectivity index (χ0) is 12.8. The minimum atomic E-state index is 0.155. The van der Waals surface area contributed by atoms with E-state index in [4.69, 9.17) is 10.3 Å². The molecular weight excluding hydrogens is 226 g/mol. The van der Waals surface area contributed by atoms with E-state index in [0.717, 1.165) is 25.1 Å². The highest BCUT2D eigenvalue weighted by molar-refractivity contribution is 5.30. The van der Waals surface area contributed by atoms with E-state index in [1.165, 1.54) is 11.3 Å². The molecule has 1 aliphatic carbocycles. The van der Waals surface area contributed by atoms with E-state index in [9.17, 15) is 0 Å². The molecule has 0 fully saturated rings. The monoisotopic (exact) mass is 245 g/mol. The lowest BCUT2D eigenvalue weighted by atomic mass is 9.74. The van der Waals surface area contributed by atoms with Crippen molar-refractivity contribution >= 4 is 0 Å². The minimum Gasteiger partial charge on any atom is -0.364 e. The third-order valence-electron chi connectivity index (χ3n) is 3.76. The Kier molecular flexibility index (Phi) is 2.55. The molecule has 0 spiro atoms. The van der Waals surface area contributed by atoms with Crippen LogP contribution in [0.25, 0.3) is 0 Å². The number of nitrogens with two attached hydrogens (primary N) is 1. The van der Waals surface area contributed by atoms with Gasteiger partial charge in [-0.05, 0) is 29.9 Å². The summed E-state index contributed by atoms with van der Waals surface area (Å²) in [5.41, 5.74) is 10.1. The molecule has 0 aliphatic heterocycles. The number of fused-ring (bicyclic) bond motifs is 1. The summed E-state index contributed by atoms with van der Waals surface area (Å²) in [4.78, 5) is 0. The van der Waals surface area contributed by atoms with Crippen LogP contribution in [-0.2, 0) is 13.0 Å². The molecule has 0 amide bonds. The molecular formula is C14H19N3O. The van der Waals surface area contributed by atoms with Crippen LogP contribution in [0.3, 0.4) is 0 Å². The van der Waals surface area contributed by atoms with Gasteiger partial charge < -0.3 is 14.8 Å². The van der Waals surface area contributed by atoms with Gasteiger partial charge in [0, 0.05) is 24.0 Å². The molecule has 0 saturated heterocycles. The lowest BCUT2D eigenvalue weighted by molar-refractivity contribution is 0.275. The maximum Gasteiger partial charge on any atom is 0.124 e. The molecule has 2 aromatic heterocycles. The summed E-state index contributed by atoms with van der Waals surface area (Å²) in [6, 6.07) is 4.21. The summed E-state index contributed by atoms with van der Waals surface area (Å²) in [5.74, 6) is 0. The maximum atomic E-state index is 6.26. The molecule has 96 valence electrons. The molecule has 18 heavy (non-hydrogen) atoms. The van der Waals surface area contributed by atoms with Gasteiger partial charge in [0.1, 0.15) is 12.0 Å². The van der Waals surface area contributed by atoms with E-state index in [0.29, 0.717) is 0 Å². The third-order valence-corrected chi connectivity index (χ3v) is 3.76. The number of aromatic nitrogens is 2. The highest BCUT2D eigenvalue weighted by Gasteiger charge is 2.32. The average molecular weight is 245 g/mol. The molecule has 2 N–H and O–H groups in total. The fraction of sp³-hybridized carbons (Fsp3) is 0.500. The molecule has 1 unspecified atom stereocenters. The molecule has 3 rings (SSSR count). The lowest BCUT2D eigenvalue weighted by Crippen LogP contribution is -2.30. The summed E-state index contributed by atoms with van der Waals surface area (Å²) < 4.78 is 7.13. The summed E-state index contributed by atoms with van der Waals surface area (Å²) in [6.07, 6.45) is 5.84. The fourth-order valence-electron chi connectivity index (χ4n) is 2.94. The molecule has 4 nitrogen and oxygen atoms in total. The van der Waals surface area contributed by atoms with Gasteiger partial charge in [-0.15, -0.1) is 0 Å². The largest absolute Gasteiger partial charge is 0.364 e. The second-order valence-electron chi connectivity index (χ2n) is 5.99. The van der Waals surface area contributed by atoms with Crippen molar-refractivity contribution in [3.63, 3.8) is 0 Å². The van der Waals surface area contributed by atoms with E-state index in [1.54, 1.807) is 6.26 Å². The van der Waals surface area contributed by atoms with Gasteiger partial charge in [0.15, 0.2) is 0 Å². The molecule has 0 aromatic carbocycles. The summed E-state index contributed by atoms with van der Waals surface area (Å²) in [5, 5.41) is 3.97. The van der Waals surface area contributed by atoms with Gasteiger partial charge in [-0.3, -0.25) is 0 Å².